The van der Waals surface area contributed by atoms with Crippen molar-refractivity contribution in [3.05, 3.63) is 39.2 Å². The number of esters is 1. The van der Waals surface area contributed by atoms with Gasteiger partial charge in [-0.05, 0) is 70.1 Å². The van der Waals surface area contributed by atoms with Crippen LogP contribution in [0.25, 0.3) is 11.1 Å². The first kappa shape index (κ1) is 20.4. The van der Waals surface area contributed by atoms with Crippen molar-refractivity contribution in [2.75, 3.05) is 0 Å². The van der Waals surface area contributed by atoms with Crippen LogP contribution in [0.2, 0.25) is 0 Å². The second-order valence-corrected chi connectivity index (χ2v) is 8.74. The van der Waals surface area contributed by atoms with Crippen molar-refractivity contribution in [3.8, 4) is 17.0 Å². The van der Waals surface area contributed by atoms with Crippen molar-refractivity contribution in [1.82, 2.24) is 9.36 Å². The van der Waals surface area contributed by atoms with Gasteiger partial charge in [-0.2, -0.15) is 0 Å². The maximum atomic E-state index is 13.4. The van der Waals surface area contributed by atoms with Crippen LogP contribution >= 0.6 is 0 Å². The highest BCUT2D eigenvalue weighted by Crippen LogP contribution is 2.36. The molecule has 0 bridgehead atoms. The Morgan fingerprint density at radius 2 is 1.54 bits per heavy atom. The quantitative estimate of drug-likeness (QED) is 0.730. The predicted molar refractivity (Wildman–Crippen MR) is 112 cm³/mol. The lowest BCUT2D eigenvalue weighted by atomic mass is 9.91. The number of benzene rings is 1. The van der Waals surface area contributed by atoms with Gasteiger partial charge in [0.25, 0.3) is 5.56 Å². The number of aromatic nitrogens is 2. The molecule has 0 unspecified atom stereocenters. The topological polar surface area (TPSA) is 53.2 Å². The summed E-state index contributed by atoms with van der Waals surface area (Å²) in [4.78, 5) is 26.2. The Morgan fingerprint density at radius 3 is 2.04 bits per heavy atom. The number of rotatable bonds is 4. The molecule has 28 heavy (non-hydrogen) atoms. The number of aryl methyl sites for hydroxylation is 3. The van der Waals surface area contributed by atoms with E-state index in [0.717, 1.165) is 42.4 Å². The summed E-state index contributed by atoms with van der Waals surface area (Å²) in [5, 5.41) is 0. The second-order valence-electron chi connectivity index (χ2n) is 8.74. The predicted octanol–water partition coefficient (Wildman–Crippen LogP) is 4.50. The zero-order valence-electron chi connectivity index (χ0n) is 18.0. The van der Waals surface area contributed by atoms with E-state index >= 15 is 0 Å². The Kier molecular flexibility index (Phi) is 5.55. The first-order valence-electron chi connectivity index (χ1n) is 10.4. The second kappa shape index (κ2) is 7.61. The van der Waals surface area contributed by atoms with Crippen LogP contribution in [0.5, 0.6) is 5.88 Å². The number of ether oxygens (including phenoxy) is 1. The summed E-state index contributed by atoms with van der Waals surface area (Å²) in [6.07, 6.45) is 3.58. The van der Waals surface area contributed by atoms with E-state index < -0.39 is 5.41 Å². The largest absolute Gasteiger partial charge is 0.407 e. The van der Waals surface area contributed by atoms with E-state index in [1.165, 1.54) is 5.56 Å². The molecule has 2 aromatic rings. The molecule has 1 aliphatic heterocycles. The molecule has 0 atom stereocenters. The van der Waals surface area contributed by atoms with Crippen molar-refractivity contribution in [2.24, 2.45) is 5.41 Å². The summed E-state index contributed by atoms with van der Waals surface area (Å²) in [7, 11) is 0. The summed E-state index contributed by atoms with van der Waals surface area (Å²) in [5.74, 6) is 0.0984. The first-order valence-corrected chi connectivity index (χ1v) is 10.4. The number of carbonyl (C=O) groups is 1. The molecule has 1 aromatic heterocycles. The summed E-state index contributed by atoms with van der Waals surface area (Å²) in [6, 6.07) is 4.29. The first-order chi connectivity index (χ1) is 13.2. The van der Waals surface area contributed by atoms with Gasteiger partial charge < -0.3 is 4.74 Å². The van der Waals surface area contributed by atoms with E-state index in [2.05, 4.69) is 32.9 Å². The average Bonchev–Trinajstić information content (AvgIpc) is 2.92. The Balaban J connectivity index is 2.32. The van der Waals surface area contributed by atoms with E-state index in [1.54, 1.807) is 4.68 Å². The van der Waals surface area contributed by atoms with E-state index in [4.69, 9.17) is 4.74 Å². The lowest BCUT2D eigenvalue weighted by molar-refractivity contribution is -0.143. The molecule has 3 rings (SSSR count). The van der Waals surface area contributed by atoms with Crippen LogP contribution in [0.4, 0.5) is 0 Å². The fourth-order valence-corrected chi connectivity index (χ4v) is 3.92. The maximum absolute atomic E-state index is 13.4. The third kappa shape index (κ3) is 3.54. The fourth-order valence-electron chi connectivity index (χ4n) is 3.92. The highest BCUT2D eigenvalue weighted by Gasteiger charge is 2.32. The molecule has 0 spiro atoms. The SMILES string of the molecule is CCc1cc(C)cc(CC)c1-c1c(OC(=O)C(C)(C)C)n2n(c1=O)CCCC2. The molecule has 1 aliphatic rings. The lowest BCUT2D eigenvalue weighted by Crippen LogP contribution is -2.29. The van der Waals surface area contributed by atoms with Crippen LogP contribution in [-0.4, -0.2) is 15.3 Å². The molecule has 1 aromatic carbocycles. The molecular formula is C23H32N2O3. The van der Waals surface area contributed by atoms with Crippen LogP contribution in [-0.2, 0) is 30.7 Å². The van der Waals surface area contributed by atoms with E-state index in [0.29, 0.717) is 24.5 Å². The van der Waals surface area contributed by atoms with Crippen molar-refractivity contribution in [1.29, 1.82) is 0 Å². The van der Waals surface area contributed by atoms with Gasteiger partial charge in [0.15, 0.2) is 0 Å². The molecule has 152 valence electrons. The molecule has 0 N–H and O–H groups in total. The van der Waals surface area contributed by atoms with Crippen LogP contribution in [0.3, 0.4) is 0 Å². The highest BCUT2D eigenvalue weighted by atomic mass is 16.5. The number of hydrogen-bond donors (Lipinski definition) is 0. The van der Waals surface area contributed by atoms with Crippen LogP contribution in [0.1, 0.15) is 64.2 Å². The molecular weight excluding hydrogens is 352 g/mol. The van der Waals surface area contributed by atoms with Crippen LogP contribution < -0.4 is 10.3 Å². The zero-order valence-corrected chi connectivity index (χ0v) is 18.0. The van der Waals surface area contributed by atoms with Gasteiger partial charge in [-0.3, -0.25) is 14.3 Å². The van der Waals surface area contributed by atoms with Gasteiger partial charge in [0.1, 0.15) is 5.56 Å². The summed E-state index contributed by atoms with van der Waals surface area (Å²) in [6.45, 7) is 13.1. The Morgan fingerprint density at radius 1 is 1.00 bits per heavy atom. The number of fused-ring (bicyclic) bond motifs is 1. The van der Waals surface area contributed by atoms with E-state index in [1.807, 2.05) is 25.5 Å². The van der Waals surface area contributed by atoms with Crippen LogP contribution in [0.15, 0.2) is 16.9 Å². The number of nitrogens with zero attached hydrogens (tertiary/aromatic N) is 2. The standard InChI is InChI=1S/C23H32N2O3/c1-7-16-13-15(3)14-17(8-2)18(16)19-20(26)24-11-9-10-12-25(24)21(19)28-22(27)23(4,5)6/h13-14H,7-12H2,1-6H3. The lowest BCUT2D eigenvalue weighted by Gasteiger charge is -2.22. The minimum atomic E-state index is -0.640. The maximum Gasteiger partial charge on any atom is 0.317 e. The number of hydrogen-bond acceptors (Lipinski definition) is 3. The molecule has 0 saturated heterocycles. The third-order valence-electron chi connectivity index (χ3n) is 5.44. The van der Waals surface area contributed by atoms with Gasteiger partial charge in [0.05, 0.1) is 5.41 Å². The van der Waals surface area contributed by atoms with Gasteiger partial charge in [0, 0.05) is 13.1 Å². The van der Waals surface area contributed by atoms with Crippen LogP contribution in [0, 0.1) is 12.3 Å². The Labute approximate surface area is 167 Å². The molecule has 5 heteroatoms. The van der Waals surface area contributed by atoms with Gasteiger partial charge >= 0.3 is 5.97 Å². The zero-order chi connectivity index (χ0) is 20.6. The minimum absolute atomic E-state index is 0.0512. The summed E-state index contributed by atoms with van der Waals surface area (Å²) >= 11 is 0. The molecule has 0 saturated carbocycles. The molecule has 0 radical (unpaired) electrons. The smallest absolute Gasteiger partial charge is 0.317 e. The van der Waals surface area contributed by atoms with Gasteiger partial charge in [0.2, 0.25) is 5.88 Å². The average molecular weight is 385 g/mol. The summed E-state index contributed by atoms with van der Waals surface area (Å²) < 4.78 is 9.55. The third-order valence-corrected chi connectivity index (χ3v) is 5.44. The Bertz CT molecular complexity index is 932. The highest BCUT2D eigenvalue weighted by molar-refractivity contribution is 5.82. The van der Waals surface area contributed by atoms with Gasteiger partial charge in [-0.1, -0.05) is 31.5 Å². The molecule has 5 nitrogen and oxygen atoms in total. The Hall–Kier alpha value is -2.30. The fraction of sp³-hybridized carbons (Fsp3) is 0.565. The van der Waals surface area contributed by atoms with Crippen molar-refractivity contribution < 1.29 is 9.53 Å². The van der Waals surface area contributed by atoms with E-state index in [9.17, 15) is 9.59 Å². The normalized spacial score (nSPS) is 14.1. The monoisotopic (exact) mass is 384 g/mol. The van der Waals surface area contributed by atoms with E-state index in [-0.39, 0.29) is 11.5 Å². The van der Waals surface area contributed by atoms with Gasteiger partial charge in [-0.15, -0.1) is 0 Å². The molecule has 0 fully saturated rings. The molecule has 0 aliphatic carbocycles. The van der Waals surface area contributed by atoms with Crippen molar-refractivity contribution >= 4 is 5.97 Å². The van der Waals surface area contributed by atoms with Crippen molar-refractivity contribution in [2.45, 2.75) is 80.3 Å². The molecule has 2 heterocycles. The van der Waals surface area contributed by atoms with Crippen molar-refractivity contribution in [3.63, 3.8) is 0 Å². The van der Waals surface area contributed by atoms with Gasteiger partial charge in [-0.25, -0.2) is 4.68 Å². The number of carbonyl (C=O) groups excluding carboxylic acids is 1. The minimum Gasteiger partial charge on any atom is -0.407 e. The molecule has 0 amide bonds. The summed E-state index contributed by atoms with van der Waals surface area (Å²) in [5.41, 5.74) is 4.26.